The van der Waals surface area contributed by atoms with E-state index in [4.69, 9.17) is 27.1 Å². The number of para-hydroxylation sites is 1. The number of hydrogen-bond acceptors (Lipinski definition) is 4. The Hall–Kier alpha value is -1.36. The topological polar surface area (TPSA) is 51.4 Å². The van der Waals surface area contributed by atoms with Gasteiger partial charge in [0.25, 0.3) is 0 Å². The van der Waals surface area contributed by atoms with Crippen LogP contribution in [0.2, 0.25) is 5.02 Å². The molecule has 2 aromatic rings. The summed E-state index contributed by atoms with van der Waals surface area (Å²) in [5, 5.41) is 1.70. The fraction of sp³-hybridized carbons (Fsp3) is 0.438. The summed E-state index contributed by atoms with van der Waals surface area (Å²) in [6.45, 7) is 6.38. The second-order valence-corrected chi connectivity index (χ2v) is 6.03. The van der Waals surface area contributed by atoms with Crippen LogP contribution in [0.5, 0.6) is 0 Å². The lowest BCUT2D eigenvalue weighted by molar-refractivity contribution is 0.0984. The van der Waals surface area contributed by atoms with Gasteiger partial charge < -0.3 is 15.4 Å². The van der Waals surface area contributed by atoms with E-state index in [0.717, 1.165) is 28.8 Å². The van der Waals surface area contributed by atoms with Crippen molar-refractivity contribution in [2.75, 3.05) is 24.7 Å². The highest BCUT2D eigenvalue weighted by molar-refractivity contribution is 6.35. The van der Waals surface area contributed by atoms with Crippen LogP contribution in [0, 0.1) is 0 Å². The molecule has 112 valence electrons. The van der Waals surface area contributed by atoms with E-state index < -0.39 is 0 Å². The predicted molar refractivity (Wildman–Crippen MR) is 87.0 cm³/mol. The lowest BCUT2D eigenvalue weighted by atomic mass is 10.1. The van der Waals surface area contributed by atoms with Crippen molar-refractivity contribution >= 4 is 28.3 Å². The first-order valence-corrected chi connectivity index (χ1v) is 7.65. The van der Waals surface area contributed by atoms with Gasteiger partial charge in [0.05, 0.1) is 29.8 Å². The summed E-state index contributed by atoms with van der Waals surface area (Å²) in [7, 11) is 0. The first kappa shape index (κ1) is 14.6. The van der Waals surface area contributed by atoms with Crippen LogP contribution in [0.3, 0.4) is 0 Å². The molecule has 1 aromatic carbocycles. The minimum atomic E-state index is -0.0778. The monoisotopic (exact) mass is 305 g/mol. The molecule has 0 aliphatic carbocycles. The molecule has 1 unspecified atom stereocenters. The minimum Gasteiger partial charge on any atom is -0.377 e. The molecule has 2 atom stereocenters. The van der Waals surface area contributed by atoms with Gasteiger partial charge in [0, 0.05) is 23.5 Å². The third kappa shape index (κ3) is 2.71. The predicted octanol–water partition coefficient (Wildman–Crippen LogP) is 3.13. The van der Waals surface area contributed by atoms with Crippen molar-refractivity contribution in [3.63, 3.8) is 0 Å². The summed E-state index contributed by atoms with van der Waals surface area (Å²) in [4.78, 5) is 7.10. The van der Waals surface area contributed by atoms with Crippen LogP contribution in [0.1, 0.15) is 25.5 Å². The summed E-state index contributed by atoms with van der Waals surface area (Å²) in [5.41, 5.74) is 8.05. The Morgan fingerprint density at radius 1 is 1.48 bits per heavy atom. The molecule has 2 N–H and O–H groups in total. The fourth-order valence-corrected chi connectivity index (χ4v) is 3.00. The number of anilines is 1. The van der Waals surface area contributed by atoms with Gasteiger partial charge in [0.1, 0.15) is 5.82 Å². The maximum Gasteiger partial charge on any atom is 0.134 e. The highest BCUT2D eigenvalue weighted by atomic mass is 35.5. The maximum absolute atomic E-state index is 6.30. The van der Waals surface area contributed by atoms with Crippen molar-refractivity contribution in [3.8, 4) is 0 Å². The molecule has 2 heterocycles. The van der Waals surface area contributed by atoms with Crippen molar-refractivity contribution in [3.05, 3.63) is 34.9 Å². The van der Waals surface area contributed by atoms with E-state index in [9.17, 15) is 0 Å². The first-order valence-electron chi connectivity index (χ1n) is 7.27. The normalized spacial score (nSPS) is 20.8. The molecule has 0 saturated carbocycles. The average Bonchev–Trinajstić information content (AvgIpc) is 2.47. The van der Waals surface area contributed by atoms with Gasteiger partial charge in [-0.1, -0.05) is 23.7 Å². The number of halogens is 1. The van der Waals surface area contributed by atoms with Crippen LogP contribution in [0.25, 0.3) is 10.9 Å². The molecule has 1 aliphatic heterocycles. The largest absolute Gasteiger partial charge is 0.377 e. The zero-order chi connectivity index (χ0) is 15.0. The molecule has 1 fully saturated rings. The summed E-state index contributed by atoms with van der Waals surface area (Å²) in [6, 6.07) is 8.14. The molecule has 1 saturated heterocycles. The van der Waals surface area contributed by atoms with Gasteiger partial charge >= 0.3 is 0 Å². The number of fused-ring (bicyclic) bond motifs is 1. The van der Waals surface area contributed by atoms with Crippen LogP contribution < -0.4 is 10.6 Å². The number of nitrogens with zero attached hydrogens (tertiary/aromatic N) is 2. The van der Waals surface area contributed by atoms with Gasteiger partial charge in [0.15, 0.2) is 0 Å². The molecule has 4 nitrogen and oxygen atoms in total. The molecule has 0 spiro atoms. The van der Waals surface area contributed by atoms with Crippen molar-refractivity contribution < 1.29 is 4.74 Å². The van der Waals surface area contributed by atoms with Crippen LogP contribution in [-0.2, 0) is 4.74 Å². The third-order valence-electron chi connectivity index (χ3n) is 3.94. The fourth-order valence-electron chi connectivity index (χ4n) is 2.78. The molecule has 5 heteroatoms. The van der Waals surface area contributed by atoms with Crippen LogP contribution in [-0.4, -0.2) is 30.8 Å². The van der Waals surface area contributed by atoms with E-state index in [1.165, 1.54) is 0 Å². The van der Waals surface area contributed by atoms with Crippen LogP contribution in [0.4, 0.5) is 5.82 Å². The Balaban J connectivity index is 2.18. The van der Waals surface area contributed by atoms with Crippen LogP contribution >= 0.6 is 11.6 Å². The Morgan fingerprint density at radius 2 is 2.29 bits per heavy atom. The Morgan fingerprint density at radius 3 is 3.00 bits per heavy atom. The smallest absolute Gasteiger partial charge is 0.134 e. The maximum atomic E-state index is 6.30. The molecule has 21 heavy (non-hydrogen) atoms. The molecular formula is C16H20ClN3O. The first-order chi connectivity index (χ1) is 10.1. The Labute approximate surface area is 129 Å². The van der Waals surface area contributed by atoms with E-state index in [1.807, 2.05) is 25.1 Å². The average molecular weight is 306 g/mol. The van der Waals surface area contributed by atoms with E-state index in [0.29, 0.717) is 18.2 Å². The zero-order valence-corrected chi connectivity index (χ0v) is 13.1. The third-order valence-corrected chi connectivity index (χ3v) is 4.24. The number of nitrogens with two attached hydrogens (primary N) is 1. The lowest BCUT2D eigenvalue weighted by Gasteiger charge is -2.36. The number of aromatic nitrogens is 1. The van der Waals surface area contributed by atoms with Crippen molar-refractivity contribution in [1.29, 1.82) is 0 Å². The molecular weight excluding hydrogens is 286 g/mol. The number of ether oxygens (including phenoxy) is 1. The Kier molecular flexibility index (Phi) is 4.02. The van der Waals surface area contributed by atoms with Gasteiger partial charge in [-0.15, -0.1) is 0 Å². The van der Waals surface area contributed by atoms with Gasteiger partial charge in [0.2, 0.25) is 0 Å². The van der Waals surface area contributed by atoms with Crippen molar-refractivity contribution in [1.82, 2.24) is 4.98 Å². The second kappa shape index (κ2) is 5.79. The number of morpholine rings is 1. The number of benzene rings is 1. The summed E-state index contributed by atoms with van der Waals surface area (Å²) in [6.07, 6.45) is 0. The van der Waals surface area contributed by atoms with Crippen molar-refractivity contribution in [2.24, 2.45) is 5.73 Å². The molecule has 0 amide bonds. The van der Waals surface area contributed by atoms with E-state index in [-0.39, 0.29) is 12.1 Å². The number of pyridine rings is 1. The van der Waals surface area contributed by atoms with Gasteiger partial charge in [-0.3, -0.25) is 0 Å². The highest BCUT2D eigenvalue weighted by Gasteiger charge is 2.24. The lowest BCUT2D eigenvalue weighted by Crippen LogP contribution is -2.44. The summed E-state index contributed by atoms with van der Waals surface area (Å²) < 4.78 is 5.52. The molecule has 1 aromatic heterocycles. The number of hydrogen-bond donors (Lipinski definition) is 1. The summed E-state index contributed by atoms with van der Waals surface area (Å²) >= 11 is 6.30. The van der Waals surface area contributed by atoms with Crippen molar-refractivity contribution in [2.45, 2.75) is 25.9 Å². The van der Waals surface area contributed by atoms with E-state index >= 15 is 0 Å². The quantitative estimate of drug-likeness (QED) is 0.926. The SMILES string of the molecule is CC1COCCN1c1nc2c(Cl)cccc2cc1[C@H](C)N. The Bertz CT molecular complexity index is 659. The summed E-state index contributed by atoms with van der Waals surface area (Å²) in [5.74, 6) is 0.932. The molecule has 0 radical (unpaired) electrons. The molecule has 3 rings (SSSR count). The van der Waals surface area contributed by atoms with Gasteiger partial charge in [-0.25, -0.2) is 4.98 Å². The zero-order valence-electron chi connectivity index (χ0n) is 12.3. The minimum absolute atomic E-state index is 0.0778. The van der Waals surface area contributed by atoms with Gasteiger partial charge in [-0.05, 0) is 26.0 Å². The second-order valence-electron chi connectivity index (χ2n) is 5.62. The van der Waals surface area contributed by atoms with Crippen LogP contribution in [0.15, 0.2) is 24.3 Å². The van der Waals surface area contributed by atoms with E-state index in [2.05, 4.69) is 17.9 Å². The molecule has 0 bridgehead atoms. The van der Waals surface area contributed by atoms with E-state index in [1.54, 1.807) is 0 Å². The molecule has 1 aliphatic rings. The van der Waals surface area contributed by atoms with Gasteiger partial charge in [-0.2, -0.15) is 0 Å². The highest BCUT2D eigenvalue weighted by Crippen LogP contribution is 2.32. The number of rotatable bonds is 2. The standard InChI is InChI=1S/C16H20ClN3O/c1-10-9-21-7-6-20(10)16-13(11(2)18)8-12-4-3-5-14(17)15(12)19-16/h3-5,8,10-11H,6-7,9,18H2,1-2H3/t10?,11-/m0/s1.